The van der Waals surface area contributed by atoms with Crippen LogP contribution < -0.4 is 10.1 Å². The van der Waals surface area contributed by atoms with Gasteiger partial charge in [0.2, 0.25) is 5.91 Å². The van der Waals surface area contributed by atoms with Crippen LogP contribution in [0.15, 0.2) is 48.5 Å². The van der Waals surface area contributed by atoms with E-state index in [1.807, 2.05) is 36.1 Å². The number of rotatable bonds is 7. The number of benzene rings is 2. The van der Waals surface area contributed by atoms with Crippen LogP contribution in [-0.2, 0) is 16.0 Å². The standard InChI is InChI=1S/C25H30N2O5/c1-3-31-25(30)32-22-10-8-20(9-11-22)24(29)27-14-12-19(13-15-27)17-26-23(28)16-21-7-5-4-6-18(21)2/h4-11,19H,3,12-17H2,1-2H3,(H,26,28). The van der Waals surface area contributed by atoms with Crippen LogP contribution in [0, 0.1) is 12.8 Å². The first kappa shape index (κ1) is 23.3. The SMILES string of the molecule is CCOC(=O)Oc1ccc(C(=O)N2CCC(CNC(=O)Cc3ccccc3C)CC2)cc1. The minimum absolute atomic E-state index is 0.0305. The van der Waals surface area contributed by atoms with Crippen molar-refractivity contribution in [1.29, 1.82) is 0 Å². The van der Waals surface area contributed by atoms with Crippen LogP contribution in [-0.4, -0.2) is 49.1 Å². The van der Waals surface area contributed by atoms with Crippen molar-refractivity contribution in [3.8, 4) is 5.75 Å². The molecule has 0 radical (unpaired) electrons. The van der Waals surface area contributed by atoms with E-state index >= 15 is 0 Å². The number of piperidine rings is 1. The fourth-order valence-electron chi connectivity index (χ4n) is 3.73. The lowest BCUT2D eigenvalue weighted by Crippen LogP contribution is -2.41. The smallest absolute Gasteiger partial charge is 0.434 e. The average molecular weight is 439 g/mol. The first-order valence-electron chi connectivity index (χ1n) is 11.0. The normalized spacial score (nSPS) is 14.0. The van der Waals surface area contributed by atoms with E-state index in [1.54, 1.807) is 31.2 Å². The molecule has 1 aliphatic heterocycles. The van der Waals surface area contributed by atoms with E-state index in [0.717, 1.165) is 24.0 Å². The van der Waals surface area contributed by atoms with Crippen molar-refractivity contribution in [2.45, 2.75) is 33.1 Å². The maximum atomic E-state index is 12.8. The number of nitrogens with zero attached hydrogens (tertiary/aromatic N) is 1. The topological polar surface area (TPSA) is 84.9 Å². The van der Waals surface area contributed by atoms with Gasteiger partial charge in [-0.3, -0.25) is 9.59 Å². The van der Waals surface area contributed by atoms with Crippen LogP contribution in [0.3, 0.4) is 0 Å². The Morgan fingerprint density at radius 1 is 1.03 bits per heavy atom. The average Bonchev–Trinajstić information content (AvgIpc) is 2.80. The predicted molar refractivity (Wildman–Crippen MR) is 121 cm³/mol. The van der Waals surface area contributed by atoms with Crippen molar-refractivity contribution >= 4 is 18.0 Å². The number of carbonyl (C=O) groups is 3. The number of hydrogen-bond donors (Lipinski definition) is 1. The van der Waals surface area contributed by atoms with Crippen molar-refractivity contribution in [3.05, 3.63) is 65.2 Å². The minimum Gasteiger partial charge on any atom is -0.434 e. The predicted octanol–water partition coefficient (Wildman–Crippen LogP) is 3.74. The van der Waals surface area contributed by atoms with E-state index in [9.17, 15) is 14.4 Å². The van der Waals surface area contributed by atoms with Gasteiger partial charge in [-0.25, -0.2) is 4.79 Å². The molecule has 7 heteroatoms. The molecule has 7 nitrogen and oxygen atoms in total. The van der Waals surface area contributed by atoms with E-state index < -0.39 is 6.16 Å². The Labute approximate surface area is 188 Å². The molecule has 1 saturated heterocycles. The van der Waals surface area contributed by atoms with Gasteiger partial charge in [0.05, 0.1) is 13.0 Å². The molecule has 0 aliphatic carbocycles. The molecule has 3 rings (SSSR count). The molecule has 2 aromatic rings. The number of hydrogen-bond acceptors (Lipinski definition) is 5. The lowest BCUT2D eigenvalue weighted by molar-refractivity contribution is -0.120. The fourth-order valence-corrected chi connectivity index (χ4v) is 3.73. The van der Waals surface area contributed by atoms with E-state index in [0.29, 0.717) is 43.3 Å². The molecule has 0 saturated carbocycles. The molecule has 0 atom stereocenters. The Kier molecular flexibility index (Phi) is 8.25. The van der Waals surface area contributed by atoms with Gasteiger partial charge in [0.15, 0.2) is 0 Å². The van der Waals surface area contributed by atoms with Crippen molar-refractivity contribution in [2.24, 2.45) is 5.92 Å². The molecule has 1 fully saturated rings. The van der Waals surface area contributed by atoms with E-state index in [2.05, 4.69) is 5.32 Å². The van der Waals surface area contributed by atoms with Crippen molar-refractivity contribution in [1.82, 2.24) is 10.2 Å². The van der Waals surface area contributed by atoms with Gasteiger partial charge in [-0.1, -0.05) is 24.3 Å². The molecule has 0 unspecified atom stereocenters. The Bertz CT molecular complexity index is 934. The molecule has 1 aliphatic rings. The summed E-state index contributed by atoms with van der Waals surface area (Å²) in [6.45, 7) is 5.88. The molecule has 0 aromatic heterocycles. The van der Waals surface area contributed by atoms with Gasteiger partial charge in [0.25, 0.3) is 5.91 Å². The number of carbonyl (C=O) groups excluding carboxylic acids is 3. The third-order valence-corrected chi connectivity index (χ3v) is 5.67. The molecule has 1 N–H and O–H groups in total. The van der Waals surface area contributed by atoms with Crippen LogP contribution >= 0.6 is 0 Å². The Morgan fingerprint density at radius 2 is 1.72 bits per heavy atom. The van der Waals surface area contributed by atoms with Gasteiger partial charge in [-0.15, -0.1) is 0 Å². The summed E-state index contributed by atoms with van der Waals surface area (Å²) in [7, 11) is 0. The monoisotopic (exact) mass is 438 g/mol. The molecule has 1 heterocycles. The highest BCUT2D eigenvalue weighted by atomic mass is 16.7. The number of ether oxygens (including phenoxy) is 2. The first-order chi connectivity index (χ1) is 15.5. The molecule has 32 heavy (non-hydrogen) atoms. The Hall–Kier alpha value is -3.35. The summed E-state index contributed by atoms with van der Waals surface area (Å²) >= 11 is 0. The molecule has 0 spiro atoms. The highest BCUT2D eigenvalue weighted by Gasteiger charge is 2.24. The molecule has 0 bridgehead atoms. The molecular weight excluding hydrogens is 408 g/mol. The second kappa shape index (κ2) is 11.3. The summed E-state index contributed by atoms with van der Waals surface area (Å²) in [6, 6.07) is 14.4. The lowest BCUT2D eigenvalue weighted by atomic mass is 9.96. The summed E-state index contributed by atoms with van der Waals surface area (Å²) in [5.41, 5.74) is 2.71. The third kappa shape index (κ3) is 6.57. The highest BCUT2D eigenvalue weighted by Crippen LogP contribution is 2.20. The zero-order chi connectivity index (χ0) is 22.9. The Balaban J connectivity index is 1.42. The number of likely N-dealkylation sites (tertiary alicyclic amines) is 1. The fraction of sp³-hybridized carbons (Fsp3) is 0.400. The largest absolute Gasteiger partial charge is 0.513 e. The summed E-state index contributed by atoms with van der Waals surface area (Å²) < 4.78 is 9.75. The van der Waals surface area contributed by atoms with Gasteiger partial charge in [-0.05, 0) is 68.0 Å². The van der Waals surface area contributed by atoms with Gasteiger partial charge in [0, 0.05) is 25.2 Å². The van der Waals surface area contributed by atoms with Crippen molar-refractivity contribution < 1.29 is 23.9 Å². The zero-order valence-corrected chi connectivity index (χ0v) is 18.6. The number of amides is 2. The molecule has 2 amide bonds. The van der Waals surface area contributed by atoms with Gasteiger partial charge < -0.3 is 19.7 Å². The lowest BCUT2D eigenvalue weighted by Gasteiger charge is -2.32. The van der Waals surface area contributed by atoms with E-state index in [4.69, 9.17) is 9.47 Å². The summed E-state index contributed by atoms with van der Waals surface area (Å²) in [4.78, 5) is 38.2. The zero-order valence-electron chi connectivity index (χ0n) is 18.6. The van der Waals surface area contributed by atoms with Crippen LogP contribution in [0.2, 0.25) is 0 Å². The highest BCUT2D eigenvalue weighted by molar-refractivity contribution is 5.94. The molecule has 2 aromatic carbocycles. The van der Waals surface area contributed by atoms with Crippen LogP contribution in [0.1, 0.15) is 41.3 Å². The molecule has 170 valence electrons. The molecular formula is C25H30N2O5. The summed E-state index contributed by atoms with van der Waals surface area (Å²) in [6.07, 6.45) is 1.32. The van der Waals surface area contributed by atoms with E-state index in [1.165, 1.54) is 0 Å². The quantitative estimate of drug-likeness (QED) is 0.526. The van der Waals surface area contributed by atoms with Crippen molar-refractivity contribution in [2.75, 3.05) is 26.2 Å². The maximum absolute atomic E-state index is 12.8. The second-order valence-electron chi connectivity index (χ2n) is 7.95. The van der Waals surface area contributed by atoms with Gasteiger partial charge in [-0.2, -0.15) is 0 Å². The second-order valence-corrected chi connectivity index (χ2v) is 7.95. The van der Waals surface area contributed by atoms with Crippen molar-refractivity contribution in [3.63, 3.8) is 0 Å². The number of aryl methyl sites for hydroxylation is 1. The number of nitrogens with one attached hydrogen (secondary N) is 1. The first-order valence-corrected chi connectivity index (χ1v) is 11.0. The third-order valence-electron chi connectivity index (χ3n) is 5.67. The van der Waals surface area contributed by atoms with Crippen LogP contribution in [0.25, 0.3) is 0 Å². The van der Waals surface area contributed by atoms with Gasteiger partial charge in [0.1, 0.15) is 5.75 Å². The maximum Gasteiger partial charge on any atom is 0.513 e. The Morgan fingerprint density at radius 3 is 2.38 bits per heavy atom. The van der Waals surface area contributed by atoms with Gasteiger partial charge >= 0.3 is 6.16 Å². The van der Waals surface area contributed by atoms with E-state index in [-0.39, 0.29) is 18.4 Å². The van der Waals surface area contributed by atoms with Crippen LogP contribution in [0.5, 0.6) is 5.75 Å². The van der Waals surface area contributed by atoms with Crippen LogP contribution in [0.4, 0.5) is 4.79 Å². The summed E-state index contributed by atoms with van der Waals surface area (Å²) in [5, 5.41) is 3.04. The minimum atomic E-state index is -0.764. The summed E-state index contributed by atoms with van der Waals surface area (Å²) in [5.74, 6) is 0.679.